The highest BCUT2D eigenvalue weighted by Crippen LogP contribution is 2.29. The Morgan fingerprint density at radius 3 is 2.50 bits per heavy atom. The molecule has 1 amide bonds. The maximum atomic E-state index is 12.7. The molecule has 1 aromatic heterocycles. The van der Waals surface area contributed by atoms with Crippen LogP contribution < -0.4 is 10.6 Å². The molecule has 3 N–H and O–H groups in total. The first-order valence-electron chi connectivity index (χ1n) is 8.65. The Balaban J connectivity index is 1.75. The van der Waals surface area contributed by atoms with Crippen molar-refractivity contribution in [3.63, 3.8) is 0 Å². The molecule has 5 nitrogen and oxygen atoms in total. The first-order valence-corrected chi connectivity index (χ1v) is 9.91. The third kappa shape index (κ3) is 4.98. The minimum absolute atomic E-state index is 0.201. The van der Waals surface area contributed by atoms with E-state index in [0.717, 1.165) is 12.1 Å². The molecule has 1 heterocycles. The number of aromatic nitrogens is 1. The zero-order valence-electron chi connectivity index (χ0n) is 15.6. The topological polar surface area (TPSA) is 77.9 Å². The SMILES string of the molecule is Cc1ncsc1C(=O)NC(=N)c1c(Cl)cccc1NCc1ccc(C(F)(F)F)cc1. The molecular weight excluding hydrogens is 437 g/mol. The largest absolute Gasteiger partial charge is 0.416 e. The van der Waals surface area contributed by atoms with Gasteiger partial charge in [0, 0.05) is 12.2 Å². The van der Waals surface area contributed by atoms with Gasteiger partial charge in [0.1, 0.15) is 10.7 Å². The molecule has 2 aromatic carbocycles. The summed E-state index contributed by atoms with van der Waals surface area (Å²) in [4.78, 5) is 16.8. The number of carbonyl (C=O) groups is 1. The summed E-state index contributed by atoms with van der Waals surface area (Å²) >= 11 is 7.41. The lowest BCUT2D eigenvalue weighted by molar-refractivity contribution is -0.137. The number of halogens is 4. The fraction of sp³-hybridized carbons (Fsp3) is 0.150. The van der Waals surface area contributed by atoms with Crippen molar-refractivity contribution in [3.8, 4) is 0 Å². The van der Waals surface area contributed by atoms with Gasteiger partial charge < -0.3 is 10.6 Å². The highest BCUT2D eigenvalue weighted by molar-refractivity contribution is 7.11. The summed E-state index contributed by atoms with van der Waals surface area (Å²) in [5.74, 6) is -0.665. The minimum Gasteiger partial charge on any atom is -0.380 e. The number of hydrogen-bond acceptors (Lipinski definition) is 5. The number of anilines is 1. The molecule has 0 saturated heterocycles. The number of alkyl halides is 3. The average molecular weight is 453 g/mol. The number of thiazole rings is 1. The molecule has 3 aromatic rings. The normalized spacial score (nSPS) is 11.2. The molecule has 0 aliphatic carbocycles. The molecular formula is C20H16ClF3N4OS. The van der Waals surface area contributed by atoms with Crippen LogP contribution >= 0.6 is 22.9 Å². The Labute approximate surface area is 179 Å². The highest BCUT2D eigenvalue weighted by Gasteiger charge is 2.29. The number of carbonyl (C=O) groups excluding carboxylic acids is 1. The summed E-state index contributed by atoms with van der Waals surface area (Å²) in [5, 5.41) is 14.1. The molecule has 0 atom stereocenters. The lowest BCUT2D eigenvalue weighted by Crippen LogP contribution is -2.31. The van der Waals surface area contributed by atoms with Crippen LogP contribution in [0.1, 0.15) is 32.1 Å². The van der Waals surface area contributed by atoms with Crippen molar-refractivity contribution in [2.45, 2.75) is 19.6 Å². The fourth-order valence-corrected chi connectivity index (χ4v) is 3.65. The number of rotatable bonds is 5. The van der Waals surface area contributed by atoms with Crippen molar-refractivity contribution in [2.75, 3.05) is 5.32 Å². The molecule has 0 aliphatic heterocycles. The van der Waals surface area contributed by atoms with Gasteiger partial charge in [-0.2, -0.15) is 13.2 Å². The summed E-state index contributed by atoms with van der Waals surface area (Å²) in [6.07, 6.45) is -4.39. The third-order valence-corrected chi connectivity index (χ3v) is 5.46. The number of nitrogens with zero attached hydrogens (tertiary/aromatic N) is 1. The van der Waals surface area contributed by atoms with Crippen LogP contribution in [0.4, 0.5) is 18.9 Å². The van der Waals surface area contributed by atoms with Crippen molar-refractivity contribution in [2.24, 2.45) is 0 Å². The standard InChI is InChI=1S/C20H16ClF3N4OS/c1-11-17(30-10-27-11)19(29)28-18(25)16-14(21)3-2-4-15(16)26-9-12-5-7-13(8-6-12)20(22,23)24/h2-8,10,26H,9H2,1H3,(H2,25,28,29). The predicted octanol–water partition coefficient (Wildman–Crippen LogP) is 5.49. The predicted molar refractivity (Wildman–Crippen MR) is 111 cm³/mol. The highest BCUT2D eigenvalue weighted by atomic mass is 35.5. The summed E-state index contributed by atoms with van der Waals surface area (Å²) in [6, 6.07) is 9.69. The fourth-order valence-electron chi connectivity index (χ4n) is 2.69. The van der Waals surface area contributed by atoms with Gasteiger partial charge in [0.2, 0.25) is 0 Å². The first kappa shape index (κ1) is 21.8. The molecule has 0 fully saturated rings. The van der Waals surface area contributed by atoms with E-state index in [2.05, 4.69) is 15.6 Å². The van der Waals surface area contributed by atoms with Gasteiger partial charge in [-0.3, -0.25) is 10.2 Å². The minimum atomic E-state index is -4.39. The Bertz CT molecular complexity index is 1080. The number of amides is 1. The van der Waals surface area contributed by atoms with Crippen molar-refractivity contribution in [1.29, 1.82) is 5.41 Å². The lowest BCUT2D eigenvalue weighted by atomic mass is 10.1. The van der Waals surface area contributed by atoms with Crippen LogP contribution in [0.2, 0.25) is 5.02 Å². The van der Waals surface area contributed by atoms with Crippen LogP contribution in [0.5, 0.6) is 0 Å². The monoisotopic (exact) mass is 452 g/mol. The van der Waals surface area contributed by atoms with Gasteiger partial charge in [0.05, 0.1) is 27.4 Å². The Hall–Kier alpha value is -2.91. The summed E-state index contributed by atoms with van der Waals surface area (Å²) < 4.78 is 38.1. The van der Waals surface area contributed by atoms with E-state index in [9.17, 15) is 18.0 Å². The van der Waals surface area contributed by atoms with Gasteiger partial charge in [-0.15, -0.1) is 11.3 Å². The third-order valence-electron chi connectivity index (χ3n) is 4.22. The second kappa shape index (κ2) is 8.85. The van der Waals surface area contributed by atoms with E-state index < -0.39 is 17.6 Å². The summed E-state index contributed by atoms with van der Waals surface area (Å²) in [7, 11) is 0. The Morgan fingerprint density at radius 2 is 1.90 bits per heavy atom. The summed E-state index contributed by atoms with van der Waals surface area (Å²) in [5.41, 5.74) is 2.74. The van der Waals surface area contributed by atoms with E-state index in [0.29, 0.717) is 21.8 Å². The quantitative estimate of drug-likeness (QED) is 0.354. The molecule has 30 heavy (non-hydrogen) atoms. The van der Waals surface area contributed by atoms with E-state index in [4.69, 9.17) is 17.0 Å². The number of amidine groups is 1. The lowest BCUT2D eigenvalue weighted by Gasteiger charge is -2.15. The number of nitrogens with one attached hydrogen (secondary N) is 3. The van der Waals surface area contributed by atoms with Crippen LogP contribution in [0, 0.1) is 12.3 Å². The average Bonchev–Trinajstić information content (AvgIpc) is 3.12. The smallest absolute Gasteiger partial charge is 0.380 e. The Kier molecular flexibility index (Phi) is 6.42. The van der Waals surface area contributed by atoms with Gasteiger partial charge in [-0.25, -0.2) is 4.98 Å². The van der Waals surface area contributed by atoms with E-state index in [1.54, 1.807) is 30.6 Å². The van der Waals surface area contributed by atoms with Crippen molar-refractivity contribution in [1.82, 2.24) is 10.3 Å². The summed E-state index contributed by atoms with van der Waals surface area (Å²) in [6.45, 7) is 1.90. The molecule has 156 valence electrons. The van der Waals surface area contributed by atoms with Crippen molar-refractivity contribution >= 4 is 40.4 Å². The second-order valence-corrected chi connectivity index (χ2v) is 7.57. The van der Waals surface area contributed by atoms with E-state index in [1.165, 1.54) is 23.5 Å². The van der Waals surface area contributed by atoms with Gasteiger partial charge >= 0.3 is 6.18 Å². The molecule has 0 spiro atoms. The van der Waals surface area contributed by atoms with Crippen LogP contribution in [0.3, 0.4) is 0 Å². The van der Waals surface area contributed by atoms with E-state index >= 15 is 0 Å². The molecule has 10 heteroatoms. The maximum absolute atomic E-state index is 12.7. The zero-order chi connectivity index (χ0) is 21.9. The number of benzene rings is 2. The van der Waals surface area contributed by atoms with Crippen LogP contribution in [-0.2, 0) is 12.7 Å². The van der Waals surface area contributed by atoms with E-state index in [-0.39, 0.29) is 23.0 Å². The van der Waals surface area contributed by atoms with Gasteiger partial charge in [-0.05, 0) is 36.8 Å². The molecule has 0 unspecified atom stereocenters. The molecule has 0 saturated carbocycles. The molecule has 0 aliphatic rings. The van der Waals surface area contributed by atoms with Gasteiger partial charge in [0.25, 0.3) is 5.91 Å². The Morgan fingerprint density at radius 1 is 1.20 bits per heavy atom. The molecule has 0 radical (unpaired) electrons. The number of hydrogen-bond donors (Lipinski definition) is 3. The van der Waals surface area contributed by atoms with E-state index in [1.807, 2.05) is 0 Å². The maximum Gasteiger partial charge on any atom is 0.416 e. The zero-order valence-corrected chi connectivity index (χ0v) is 17.2. The van der Waals surface area contributed by atoms with Crippen molar-refractivity contribution < 1.29 is 18.0 Å². The van der Waals surface area contributed by atoms with Crippen LogP contribution in [0.15, 0.2) is 48.0 Å². The van der Waals surface area contributed by atoms with Gasteiger partial charge in [-0.1, -0.05) is 29.8 Å². The van der Waals surface area contributed by atoms with Crippen molar-refractivity contribution in [3.05, 3.63) is 80.3 Å². The second-order valence-electron chi connectivity index (χ2n) is 6.31. The number of aryl methyl sites for hydroxylation is 1. The van der Waals surface area contributed by atoms with Crippen LogP contribution in [-0.4, -0.2) is 16.7 Å². The van der Waals surface area contributed by atoms with Gasteiger partial charge in [0.15, 0.2) is 0 Å². The molecule has 0 bridgehead atoms. The van der Waals surface area contributed by atoms with Crippen LogP contribution in [0.25, 0.3) is 0 Å². The molecule has 3 rings (SSSR count). The first-order chi connectivity index (χ1) is 14.2.